The maximum Gasteiger partial charge on any atom is 0.123 e. The summed E-state index contributed by atoms with van der Waals surface area (Å²) in [6, 6.07) is 15.0. The number of benzene rings is 2. The van der Waals surface area contributed by atoms with Crippen molar-refractivity contribution in [2.24, 2.45) is 0 Å². The molecule has 0 amide bonds. The van der Waals surface area contributed by atoms with Gasteiger partial charge in [-0.3, -0.25) is 0 Å². The molecule has 0 bridgehead atoms. The van der Waals surface area contributed by atoms with Crippen LogP contribution < -0.4 is 9.80 Å². The Hall–Kier alpha value is -2.07. The molecular weight excluding hydrogens is 267 g/mol. The van der Waals surface area contributed by atoms with Gasteiger partial charge in [0.2, 0.25) is 0 Å². The van der Waals surface area contributed by atoms with E-state index in [1.54, 1.807) is 6.07 Å². The molecule has 1 aliphatic rings. The molecule has 1 fully saturated rings. The second kappa shape index (κ2) is 6.14. The lowest BCUT2D eigenvalue weighted by atomic mass is 10.1. The zero-order valence-corrected chi connectivity index (χ0v) is 11.9. The Labute approximate surface area is 124 Å². The molecule has 0 saturated carbocycles. The molecule has 3 nitrogen and oxygen atoms in total. The van der Waals surface area contributed by atoms with Crippen LogP contribution >= 0.6 is 0 Å². The minimum absolute atomic E-state index is 0.133. The number of rotatable bonds is 3. The van der Waals surface area contributed by atoms with E-state index in [4.69, 9.17) is 0 Å². The van der Waals surface area contributed by atoms with Gasteiger partial charge in [-0.15, -0.1) is 0 Å². The lowest BCUT2D eigenvalue weighted by Crippen LogP contribution is -2.46. The van der Waals surface area contributed by atoms with Gasteiger partial charge < -0.3 is 14.9 Å². The number of nitrogens with zero attached hydrogens (tertiary/aromatic N) is 2. The molecule has 110 valence electrons. The molecule has 4 heteroatoms. The molecule has 1 heterocycles. The standard InChI is InChI=1S/C17H19FN2O/c18-15-6-7-17(14(12-15)13-21)20-10-8-19(9-11-20)16-4-2-1-3-5-16/h1-7,12,21H,8-11,13H2. The monoisotopic (exact) mass is 286 g/mol. The summed E-state index contributed by atoms with van der Waals surface area (Å²) in [4.78, 5) is 4.56. The number of para-hydroxylation sites is 1. The van der Waals surface area contributed by atoms with E-state index in [1.165, 1.54) is 17.8 Å². The van der Waals surface area contributed by atoms with Crippen LogP contribution in [0.25, 0.3) is 0 Å². The van der Waals surface area contributed by atoms with Crippen molar-refractivity contribution >= 4 is 11.4 Å². The average molecular weight is 286 g/mol. The minimum atomic E-state index is -0.300. The van der Waals surface area contributed by atoms with Crippen molar-refractivity contribution < 1.29 is 9.50 Å². The molecule has 1 aliphatic heterocycles. The van der Waals surface area contributed by atoms with Crippen molar-refractivity contribution in [3.8, 4) is 0 Å². The maximum atomic E-state index is 13.2. The van der Waals surface area contributed by atoms with Gasteiger partial charge in [0.1, 0.15) is 5.82 Å². The molecule has 0 aliphatic carbocycles. The fraction of sp³-hybridized carbons (Fsp3) is 0.294. The van der Waals surface area contributed by atoms with Crippen molar-refractivity contribution in [3.63, 3.8) is 0 Å². The Kier molecular flexibility index (Phi) is 4.06. The highest BCUT2D eigenvalue weighted by molar-refractivity contribution is 5.56. The van der Waals surface area contributed by atoms with Gasteiger partial charge in [0.15, 0.2) is 0 Å². The summed E-state index contributed by atoms with van der Waals surface area (Å²) in [5.74, 6) is -0.300. The topological polar surface area (TPSA) is 26.7 Å². The normalized spacial score (nSPS) is 15.3. The Morgan fingerprint density at radius 3 is 2.24 bits per heavy atom. The van der Waals surface area contributed by atoms with Gasteiger partial charge >= 0.3 is 0 Å². The third-order valence-electron chi connectivity index (χ3n) is 3.95. The lowest BCUT2D eigenvalue weighted by molar-refractivity contribution is 0.281. The third kappa shape index (κ3) is 3.00. The van der Waals surface area contributed by atoms with Gasteiger partial charge in [-0.05, 0) is 30.3 Å². The highest BCUT2D eigenvalue weighted by Gasteiger charge is 2.19. The first-order valence-corrected chi connectivity index (χ1v) is 7.22. The molecule has 0 atom stereocenters. The predicted octanol–water partition coefficient (Wildman–Crippen LogP) is 2.64. The molecule has 0 unspecified atom stereocenters. The van der Waals surface area contributed by atoms with Crippen LogP contribution in [0.2, 0.25) is 0 Å². The Balaban J connectivity index is 1.71. The van der Waals surface area contributed by atoms with Gasteiger partial charge in [0, 0.05) is 43.1 Å². The summed E-state index contributed by atoms with van der Waals surface area (Å²) in [6.07, 6.45) is 0. The Bertz CT molecular complexity index is 595. The van der Waals surface area contributed by atoms with Crippen LogP contribution in [0, 0.1) is 5.82 Å². The van der Waals surface area contributed by atoms with E-state index >= 15 is 0 Å². The Morgan fingerprint density at radius 1 is 0.905 bits per heavy atom. The number of aliphatic hydroxyl groups is 1. The summed E-state index contributed by atoms with van der Waals surface area (Å²) in [5.41, 5.74) is 2.83. The number of hydrogen-bond donors (Lipinski definition) is 1. The quantitative estimate of drug-likeness (QED) is 0.939. The van der Waals surface area contributed by atoms with Gasteiger partial charge in [0.05, 0.1) is 6.61 Å². The zero-order valence-electron chi connectivity index (χ0n) is 11.9. The fourth-order valence-electron chi connectivity index (χ4n) is 2.83. The van der Waals surface area contributed by atoms with Gasteiger partial charge in [-0.2, -0.15) is 0 Å². The number of hydrogen-bond acceptors (Lipinski definition) is 3. The summed E-state index contributed by atoms with van der Waals surface area (Å²) in [7, 11) is 0. The smallest absolute Gasteiger partial charge is 0.123 e. The van der Waals surface area contributed by atoms with E-state index in [9.17, 15) is 9.50 Å². The number of piperazine rings is 1. The van der Waals surface area contributed by atoms with Crippen LogP contribution in [0.4, 0.5) is 15.8 Å². The fourth-order valence-corrected chi connectivity index (χ4v) is 2.83. The Morgan fingerprint density at radius 2 is 1.57 bits per heavy atom. The van der Waals surface area contributed by atoms with E-state index in [0.717, 1.165) is 31.9 Å². The molecule has 0 spiro atoms. The molecule has 1 N–H and O–H groups in total. The minimum Gasteiger partial charge on any atom is -0.392 e. The van der Waals surface area contributed by atoms with E-state index in [2.05, 4.69) is 21.9 Å². The summed E-state index contributed by atoms with van der Waals surface area (Å²) >= 11 is 0. The molecular formula is C17H19FN2O. The number of anilines is 2. The van der Waals surface area contributed by atoms with Crippen molar-refractivity contribution in [2.45, 2.75) is 6.61 Å². The highest BCUT2D eigenvalue weighted by Crippen LogP contribution is 2.24. The second-order valence-corrected chi connectivity index (χ2v) is 5.24. The van der Waals surface area contributed by atoms with E-state index in [1.807, 2.05) is 18.2 Å². The summed E-state index contributed by atoms with van der Waals surface area (Å²) < 4.78 is 13.2. The molecule has 1 saturated heterocycles. The van der Waals surface area contributed by atoms with Gasteiger partial charge in [-0.1, -0.05) is 18.2 Å². The second-order valence-electron chi connectivity index (χ2n) is 5.24. The summed E-state index contributed by atoms with van der Waals surface area (Å²) in [5, 5.41) is 9.40. The first kappa shape index (κ1) is 13.9. The lowest BCUT2D eigenvalue weighted by Gasteiger charge is -2.38. The van der Waals surface area contributed by atoms with Crippen molar-refractivity contribution in [3.05, 3.63) is 59.9 Å². The zero-order chi connectivity index (χ0) is 14.7. The first-order valence-electron chi connectivity index (χ1n) is 7.22. The van der Waals surface area contributed by atoms with E-state index in [-0.39, 0.29) is 12.4 Å². The van der Waals surface area contributed by atoms with Crippen LogP contribution in [0.5, 0.6) is 0 Å². The van der Waals surface area contributed by atoms with E-state index < -0.39 is 0 Å². The average Bonchev–Trinajstić information content (AvgIpc) is 2.56. The van der Waals surface area contributed by atoms with Crippen LogP contribution in [0.3, 0.4) is 0 Å². The molecule has 2 aromatic rings. The summed E-state index contributed by atoms with van der Waals surface area (Å²) in [6.45, 7) is 3.45. The molecule has 0 radical (unpaired) electrons. The van der Waals surface area contributed by atoms with Crippen molar-refractivity contribution in [1.82, 2.24) is 0 Å². The highest BCUT2D eigenvalue weighted by atomic mass is 19.1. The maximum absolute atomic E-state index is 13.2. The number of aliphatic hydroxyl groups excluding tert-OH is 1. The number of halogens is 1. The van der Waals surface area contributed by atoms with Crippen LogP contribution in [0.15, 0.2) is 48.5 Å². The van der Waals surface area contributed by atoms with Crippen molar-refractivity contribution in [1.29, 1.82) is 0 Å². The van der Waals surface area contributed by atoms with Crippen molar-refractivity contribution in [2.75, 3.05) is 36.0 Å². The van der Waals surface area contributed by atoms with E-state index in [0.29, 0.717) is 5.56 Å². The molecule has 3 rings (SSSR count). The molecule has 21 heavy (non-hydrogen) atoms. The van der Waals surface area contributed by atoms with Crippen LogP contribution in [-0.2, 0) is 6.61 Å². The predicted molar refractivity (Wildman–Crippen MR) is 83.2 cm³/mol. The van der Waals surface area contributed by atoms with Crippen LogP contribution in [0.1, 0.15) is 5.56 Å². The largest absolute Gasteiger partial charge is 0.392 e. The first-order chi connectivity index (χ1) is 10.3. The third-order valence-corrected chi connectivity index (χ3v) is 3.95. The molecule has 2 aromatic carbocycles. The van der Waals surface area contributed by atoms with Crippen LogP contribution in [-0.4, -0.2) is 31.3 Å². The van der Waals surface area contributed by atoms with Gasteiger partial charge in [-0.25, -0.2) is 4.39 Å². The molecule has 0 aromatic heterocycles. The SMILES string of the molecule is OCc1cc(F)ccc1N1CCN(c2ccccc2)CC1. The van der Waals surface area contributed by atoms with Gasteiger partial charge in [0.25, 0.3) is 0 Å².